The molecule has 31 heavy (non-hydrogen) atoms. The van der Waals surface area contributed by atoms with Crippen LogP contribution in [0.15, 0.2) is 78.9 Å². The molecule has 4 rings (SSSR count). The molecule has 0 aromatic heterocycles. The largest absolute Gasteiger partial charge is 0.494 e. The van der Waals surface area contributed by atoms with Crippen molar-refractivity contribution in [2.75, 3.05) is 18.5 Å². The molecule has 160 valence electrons. The molecule has 3 aromatic carbocycles. The van der Waals surface area contributed by atoms with Gasteiger partial charge in [-0.1, -0.05) is 68.4 Å². The van der Waals surface area contributed by atoms with Gasteiger partial charge in [-0.05, 0) is 54.7 Å². The van der Waals surface area contributed by atoms with E-state index in [-0.39, 0.29) is 5.91 Å². The lowest BCUT2D eigenvalue weighted by Gasteiger charge is -2.48. The van der Waals surface area contributed by atoms with Gasteiger partial charge in [0.2, 0.25) is 0 Å². The summed E-state index contributed by atoms with van der Waals surface area (Å²) in [6, 6.07) is 26.3. The fraction of sp³-hybridized carbons (Fsp3) is 0.296. The van der Waals surface area contributed by atoms with Gasteiger partial charge in [0, 0.05) is 12.2 Å². The molecule has 0 spiro atoms. The molecule has 3 aromatic rings. The smallest absolute Gasteiger partial charge is 0.258 e. The first-order valence-electron chi connectivity index (χ1n) is 11.1. The SMILES string of the molecule is CCCOc1ccc(C2(CC)Nc3ccccc3C(=O)N2CCc2ccccc2)cc1. The van der Waals surface area contributed by atoms with Crippen LogP contribution in [-0.4, -0.2) is 24.0 Å². The zero-order valence-corrected chi connectivity index (χ0v) is 18.3. The Morgan fingerprint density at radius 1 is 0.903 bits per heavy atom. The number of ether oxygens (including phenoxy) is 1. The van der Waals surface area contributed by atoms with Gasteiger partial charge in [0.05, 0.1) is 12.2 Å². The lowest BCUT2D eigenvalue weighted by atomic mass is 9.89. The van der Waals surface area contributed by atoms with Crippen molar-refractivity contribution in [1.82, 2.24) is 4.90 Å². The highest BCUT2D eigenvalue weighted by atomic mass is 16.5. The van der Waals surface area contributed by atoms with Crippen molar-refractivity contribution in [2.45, 2.75) is 38.8 Å². The van der Waals surface area contributed by atoms with Crippen LogP contribution in [-0.2, 0) is 12.1 Å². The average molecular weight is 415 g/mol. The van der Waals surface area contributed by atoms with Crippen molar-refractivity contribution in [1.29, 1.82) is 0 Å². The minimum Gasteiger partial charge on any atom is -0.494 e. The summed E-state index contributed by atoms with van der Waals surface area (Å²) in [5.74, 6) is 0.925. The Hall–Kier alpha value is -3.27. The van der Waals surface area contributed by atoms with Crippen molar-refractivity contribution >= 4 is 11.6 Å². The van der Waals surface area contributed by atoms with Crippen molar-refractivity contribution in [3.8, 4) is 5.75 Å². The van der Waals surface area contributed by atoms with Gasteiger partial charge >= 0.3 is 0 Å². The molecule has 4 nitrogen and oxygen atoms in total. The van der Waals surface area contributed by atoms with Crippen molar-refractivity contribution in [3.63, 3.8) is 0 Å². The second-order valence-electron chi connectivity index (χ2n) is 7.95. The van der Waals surface area contributed by atoms with Crippen LogP contribution < -0.4 is 10.1 Å². The van der Waals surface area contributed by atoms with Gasteiger partial charge in [0.15, 0.2) is 0 Å². The van der Waals surface area contributed by atoms with E-state index in [1.54, 1.807) is 0 Å². The standard InChI is InChI=1S/C27H30N2O2/c1-3-20-31-23-16-14-22(15-17-23)27(4-2)28-25-13-9-8-12-24(25)26(30)29(27)19-18-21-10-6-5-7-11-21/h5-17,28H,3-4,18-20H2,1-2H3. The van der Waals surface area contributed by atoms with Crippen LogP contribution >= 0.6 is 0 Å². The lowest BCUT2D eigenvalue weighted by Crippen LogP contribution is -2.57. The molecule has 0 bridgehead atoms. The van der Waals surface area contributed by atoms with Crippen LogP contribution in [0.2, 0.25) is 0 Å². The van der Waals surface area contributed by atoms with Crippen LogP contribution in [0, 0.1) is 0 Å². The first-order chi connectivity index (χ1) is 15.2. The van der Waals surface area contributed by atoms with Gasteiger partial charge in [-0.25, -0.2) is 0 Å². The minimum atomic E-state index is -0.608. The Labute approximate surface area is 184 Å². The normalized spacial score (nSPS) is 17.7. The van der Waals surface area contributed by atoms with Crippen LogP contribution in [0.1, 0.15) is 48.2 Å². The van der Waals surface area contributed by atoms with E-state index < -0.39 is 5.66 Å². The van der Waals surface area contributed by atoms with Gasteiger partial charge in [0.25, 0.3) is 5.91 Å². The van der Waals surface area contributed by atoms with E-state index in [9.17, 15) is 4.79 Å². The number of benzene rings is 3. The van der Waals surface area contributed by atoms with Gasteiger partial charge in [-0.2, -0.15) is 0 Å². The van der Waals surface area contributed by atoms with E-state index in [0.717, 1.165) is 41.8 Å². The number of amides is 1. The fourth-order valence-corrected chi connectivity index (χ4v) is 4.32. The van der Waals surface area contributed by atoms with Gasteiger partial charge in [-0.3, -0.25) is 4.79 Å². The second kappa shape index (κ2) is 9.25. The molecule has 0 saturated carbocycles. The maximum Gasteiger partial charge on any atom is 0.258 e. The van der Waals surface area contributed by atoms with E-state index in [4.69, 9.17) is 4.74 Å². The monoisotopic (exact) mass is 414 g/mol. The van der Waals surface area contributed by atoms with E-state index in [1.165, 1.54) is 5.56 Å². The highest BCUT2D eigenvalue weighted by Gasteiger charge is 2.44. The molecule has 1 aliphatic rings. The van der Waals surface area contributed by atoms with Crippen LogP contribution in [0.5, 0.6) is 5.75 Å². The third-order valence-electron chi connectivity index (χ3n) is 5.99. The summed E-state index contributed by atoms with van der Waals surface area (Å²) >= 11 is 0. The van der Waals surface area contributed by atoms with Gasteiger partial charge < -0.3 is 15.0 Å². The van der Waals surface area contributed by atoms with E-state index in [2.05, 4.69) is 43.4 Å². The molecule has 1 aliphatic heterocycles. The first-order valence-corrected chi connectivity index (χ1v) is 11.1. The Morgan fingerprint density at radius 2 is 1.61 bits per heavy atom. The summed E-state index contributed by atoms with van der Waals surface area (Å²) in [7, 11) is 0. The number of para-hydroxylation sites is 1. The predicted octanol–water partition coefficient (Wildman–Crippen LogP) is 5.85. The molecule has 4 heteroatoms. The fourth-order valence-electron chi connectivity index (χ4n) is 4.32. The van der Waals surface area contributed by atoms with Crippen LogP contribution in [0.3, 0.4) is 0 Å². The summed E-state index contributed by atoms with van der Waals surface area (Å²) in [4.78, 5) is 15.7. The van der Waals surface area contributed by atoms with Crippen LogP contribution in [0.25, 0.3) is 0 Å². The predicted molar refractivity (Wildman–Crippen MR) is 125 cm³/mol. The zero-order valence-electron chi connectivity index (χ0n) is 18.3. The van der Waals surface area contributed by atoms with Gasteiger partial charge in [0.1, 0.15) is 11.4 Å². The van der Waals surface area contributed by atoms with E-state index in [0.29, 0.717) is 13.2 Å². The molecule has 0 saturated heterocycles. The number of rotatable bonds is 8. The number of nitrogens with zero attached hydrogens (tertiary/aromatic N) is 1. The lowest BCUT2D eigenvalue weighted by molar-refractivity contribution is 0.0487. The number of hydrogen-bond donors (Lipinski definition) is 1. The second-order valence-corrected chi connectivity index (χ2v) is 7.95. The number of fused-ring (bicyclic) bond motifs is 1. The molecule has 0 radical (unpaired) electrons. The highest BCUT2D eigenvalue weighted by molar-refractivity contribution is 6.02. The van der Waals surface area contributed by atoms with Gasteiger partial charge in [-0.15, -0.1) is 0 Å². The maximum absolute atomic E-state index is 13.7. The first kappa shape index (κ1) is 21.0. The molecular formula is C27H30N2O2. The Bertz CT molecular complexity index is 1020. The topological polar surface area (TPSA) is 41.6 Å². The van der Waals surface area contributed by atoms with Crippen molar-refractivity contribution < 1.29 is 9.53 Å². The third-order valence-corrected chi connectivity index (χ3v) is 5.99. The zero-order chi connectivity index (χ0) is 21.7. The minimum absolute atomic E-state index is 0.0680. The summed E-state index contributed by atoms with van der Waals surface area (Å²) < 4.78 is 5.77. The highest BCUT2D eigenvalue weighted by Crippen LogP contribution is 2.40. The summed E-state index contributed by atoms with van der Waals surface area (Å²) in [5, 5.41) is 3.72. The Kier molecular flexibility index (Phi) is 6.26. The van der Waals surface area contributed by atoms with Crippen molar-refractivity contribution in [3.05, 3.63) is 95.6 Å². The van der Waals surface area contributed by atoms with E-state index in [1.807, 2.05) is 59.5 Å². The third kappa shape index (κ3) is 4.15. The number of anilines is 1. The molecular weight excluding hydrogens is 384 g/mol. The average Bonchev–Trinajstić information content (AvgIpc) is 2.83. The Morgan fingerprint density at radius 3 is 2.32 bits per heavy atom. The number of carbonyl (C=O) groups is 1. The molecule has 1 amide bonds. The Balaban J connectivity index is 1.71. The summed E-state index contributed by atoms with van der Waals surface area (Å²) in [5.41, 5.74) is 3.29. The molecule has 0 fully saturated rings. The quantitative estimate of drug-likeness (QED) is 0.503. The molecule has 1 N–H and O–H groups in total. The molecule has 1 unspecified atom stereocenters. The molecule has 0 aliphatic carbocycles. The molecule has 1 atom stereocenters. The van der Waals surface area contributed by atoms with Crippen molar-refractivity contribution in [2.24, 2.45) is 0 Å². The number of nitrogens with one attached hydrogen (secondary N) is 1. The number of carbonyl (C=O) groups excluding carboxylic acids is 1. The van der Waals surface area contributed by atoms with Crippen LogP contribution in [0.4, 0.5) is 5.69 Å². The van der Waals surface area contributed by atoms with E-state index >= 15 is 0 Å². The summed E-state index contributed by atoms with van der Waals surface area (Å²) in [6.07, 6.45) is 2.52. The summed E-state index contributed by atoms with van der Waals surface area (Å²) in [6.45, 7) is 5.56. The number of hydrogen-bond acceptors (Lipinski definition) is 3. The maximum atomic E-state index is 13.7. The molecule has 1 heterocycles.